The lowest BCUT2D eigenvalue weighted by atomic mass is 10.4. The Balaban J connectivity index is 4.03. The van der Waals surface area contributed by atoms with Crippen molar-refractivity contribution >= 4 is 35.3 Å². The van der Waals surface area contributed by atoms with Gasteiger partial charge in [0.05, 0.1) is 0 Å². The molecule has 0 heterocycles. The molecule has 0 rings (SSSR count). The Morgan fingerprint density at radius 1 is 1.50 bits per heavy atom. The predicted molar refractivity (Wildman–Crippen MR) is 30.9 cm³/mol. The first kappa shape index (κ1) is 7.66. The summed E-state index contributed by atoms with van der Waals surface area (Å²) in [6.07, 6.45) is 0.0984. The SMILES string of the molecule is O=CC(=O)/C(Cl)=C/Cl. The maximum atomic E-state index is 10.1. The van der Waals surface area contributed by atoms with E-state index < -0.39 is 5.78 Å². The lowest BCUT2D eigenvalue weighted by Gasteiger charge is -1.79. The van der Waals surface area contributed by atoms with Gasteiger partial charge in [0.1, 0.15) is 5.03 Å². The van der Waals surface area contributed by atoms with Crippen LogP contribution in [0.4, 0.5) is 0 Å². The molecule has 4 heteroatoms. The lowest BCUT2D eigenvalue weighted by Crippen LogP contribution is -1.96. The van der Waals surface area contributed by atoms with E-state index in [1.807, 2.05) is 0 Å². The molecule has 0 aromatic heterocycles. The molecule has 0 amide bonds. The minimum absolute atomic E-state index is 0.0984. The van der Waals surface area contributed by atoms with Crippen molar-refractivity contribution in [3.63, 3.8) is 0 Å². The van der Waals surface area contributed by atoms with Crippen molar-refractivity contribution in [3.05, 3.63) is 10.6 Å². The van der Waals surface area contributed by atoms with Crippen molar-refractivity contribution in [1.82, 2.24) is 0 Å². The molecule has 0 radical (unpaired) electrons. The number of ketones is 1. The van der Waals surface area contributed by atoms with Gasteiger partial charge >= 0.3 is 0 Å². The van der Waals surface area contributed by atoms with E-state index in [1.54, 1.807) is 0 Å². The number of carbonyl (C=O) groups is 2. The first-order valence-electron chi connectivity index (χ1n) is 1.67. The fourth-order valence-electron chi connectivity index (χ4n) is 0.110. The fraction of sp³-hybridized carbons (Fsp3) is 0. The molecule has 8 heavy (non-hydrogen) atoms. The van der Waals surface area contributed by atoms with E-state index in [0.29, 0.717) is 0 Å². The minimum Gasteiger partial charge on any atom is -0.294 e. The number of hydrogen-bond donors (Lipinski definition) is 0. The molecule has 0 fully saturated rings. The smallest absolute Gasteiger partial charge is 0.237 e. The molecule has 0 N–H and O–H groups in total. The second kappa shape index (κ2) is 3.64. The average Bonchev–Trinajstić information content (AvgIpc) is 1.84. The summed E-state index contributed by atoms with van der Waals surface area (Å²) in [5, 5.41) is -0.262. The Kier molecular flexibility index (Phi) is 3.48. The number of allylic oxidation sites excluding steroid dienone is 1. The molecule has 0 bridgehead atoms. The Hall–Kier alpha value is -0.340. The second-order valence-electron chi connectivity index (χ2n) is 0.939. The fourth-order valence-corrected chi connectivity index (χ4v) is 0.262. The standard InChI is InChI=1S/C4H2Cl2O2/c5-1-3(6)4(8)2-7/h1-2H/b3-1-. The number of carbonyl (C=O) groups excluding carboxylic acids is 2. The highest BCUT2D eigenvalue weighted by Crippen LogP contribution is 2.01. The predicted octanol–water partition coefficient (Wildman–Crippen LogP) is 1.07. The first-order valence-corrected chi connectivity index (χ1v) is 2.49. The maximum Gasteiger partial charge on any atom is 0.237 e. The van der Waals surface area contributed by atoms with Crippen LogP contribution in [0.3, 0.4) is 0 Å². The van der Waals surface area contributed by atoms with Crippen molar-refractivity contribution in [1.29, 1.82) is 0 Å². The molecule has 0 unspecified atom stereocenters. The highest BCUT2D eigenvalue weighted by Gasteiger charge is 2.01. The lowest BCUT2D eigenvalue weighted by molar-refractivity contribution is -0.127. The van der Waals surface area contributed by atoms with Crippen molar-refractivity contribution in [2.75, 3.05) is 0 Å². The Morgan fingerprint density at radius 2 is 2.00 bits per heavy atom. The van der Waals surface area contributed by atoms with Crippen LogP contribution < -0.4 is 0 Å². The summed E-state index contributed by atoms with van der Waals surface area (Å²) >= 11 is 10.0. The summed E-state index contributed by atoms with van der Waals surface area (Å²) in [6, 6.07) is 0. The summed E-state index contributed by atoms with van der Waals surface area (Å²) in [5.41, 5.74) is 0.846. The third kappa shape index (κ3) is 2.09. The summed E-state index contributed by atoms with van der Waals surface area (Å²) in [4.78, 5) is 19.7. The van der Waals surface area contributed by atoms with Gasteiger partial charge in [-0.25, -0.2) is 0 Å². The zero-order valence-electron chi connectivity index (χ0n) is 3.73. The van der Waals surface area contributed by atoms with Crippen LogP contribution in [0.15, 0.2) is 10.6 Å². The van der Waals surface area contributed by atoms with E-state index in [0.717, 1.165) is 5.54 Å². The van der Waals surface area contributed by atoms with Crippen LogP contribution in [0.2, 0.25) is 0 Å². The molecule has 0 atom stereocenters. The molecule has 44 valence electrons. The van der Waals surface area contributed by atoms with Crippen LogP contribution in [0.25, 0.3) is 0 Å². The minimum atomic E-state index is -0.804. The summed E-state index contributed by atoms with van der Waals surface area (Å²) in [5.74, 6) is -0.804. The van der Waals surface area contributed by atoms with Crippen molar-refractivity contribution in [2.45, 2.75) is 0 Å². The largest absolute Gasteiger partial charge is 0.294 e. The van der Waals surface area contributed by atoms with Gasteiger partial charge in [0.25, 0.3) is 0 Å². The quantitative estimate of drug-likeness (QED) is 0.337. The molecular formula is C4H2Cl2O2. The van der Waals surface area contributed by atoms with Crippen molar-refractivity contribution in [3.8, 4) is 0 Å². The summed E-state index contributed by atoms with van der Waals surface area (Å²) in [6.45, 7) is 0. The molecule has 0 aromatic carbocycles. The number of halogens is 2. The molecule has 0 aliphatic carbocycles. The van der Waals surface area contributed by atoms with Gasteiger partial charge in [-0.2, -0.15) is 0 Å². The van der Waals surface area contributed by atoms with Gasteiger partial charge in [0.15, 0.2) is 6.29 Å². The Morgan fingerprint density at radius 3 is 2.12 bits per heavy atom. The molecular weight excluding hydrogens is 151 g/mol. The molecule has 2 nitrogen and oxygen atoms in total. The highest BCUT2D eigenvalue weighted by molar-refractivity contribution is 6.55. The van der Waals surface area contributed by atoms with Crippen LogP contribution in [0.5, 0.6) is 0 Å². The van der Waals surface area contributed by atoms with Crippen LogP contribution >= 0.6 is 23.2 Å². The van der Waals surface area contributed by atoms with Gasteiger partial charge < -0.3 is 0 Å². The highest BCUT2D eigenvalue weighted by atomic mass is 35.5. The van der Waals surface area contributed by atoms with Gasteiger partial charge in [0, 0.05) is 5.54 Å². The van der Waals surface area contributed by atoms with Gasteiger partial charge in [-0.05, 0) is 0 Å². The Labute approximate surface area is 56.1 Å². The zero-order valence-corrected chi connectivity index (χ0v) is 5.24. The van der Waals surface area contributed by atoms with Gasteiger partial charge in [-0.3, -0.25) is 9.59 Å². The van der Waals surface area contributed by atoms with E-state index in [2.05, 4.69) is 0 Å². The van der Waals surface area contributed by atoms with Crippen LogP contribution in [0.1, 0.15) is 0 Å². The molecule has 0 aliphatic heterocycles. The van der Waals surface area contributed by atoms with E-state index >= 15 is 0 Å². The average molecular weight is 153 g/mol. The zero-order chi connectivity index (χ0) is 6.57. The monoisotopic (exact) mass is 152 g/mol. The molecule has 0 saturated carbocycles. The number of Topliss-reactive ketones (excluding diaryl/α,β-unsaturated/α-hetero) is 1. The maximum absolute atomic E-state index is 10.1. The molecule has 0 spiro atoms. The summed E-state index contributed by atoms with van der Waals surface area (Å²) in [7, 11) is 0. The third-order valence-corrected chi connectivity index (χ3v) is 1.06. The third-order valence-electron chi connectivity index (χ3n) is 0.438. The topological polar surface area (TPSA) is 34.1 Å². The van der Waals surface area contributed by atoms with E-state index in [-0.39, 0.29) is 11.3 Å². The van der Waals surface area contributed by atoms with E-state index in [4.69, 9.17) is 23.2 Å². The van der Waals surface area contributed by atoms with Crippen LogP contribution in [0, 0.1) is 0 Å². The number of aldehydes is 1. The number of hydrogen-bond acceptors (Lipinski definition) is 2. The van der Waals surface area contributed by atoms with Crippen LogP contribution in [-0.2, 0) is 9.59 Å². The first-order chi connectivity index (χ1) is 3.72. The second-order valence-corrected chi connectivity index (χ2v) is 1.56. The Bertz CT molecular complexity index is 139. The van der Waals surface area contributed by atoms with Gasteiger partial charge in [-0.1, -0.05) is 23.2 Å². The van der Waals surface area contributed by atoms with Gasteiger partial charge in [0.2, 0.25) is 5.78 Å². The van der Waals surface area contributed by atoms with Crippen molar-refractivity contribution < 1.29 is 9.59 Å². The molecule has 0 aliphatic rings. The molecule has 0 saturated heterocycles. The summed E-state index contributed by atoms with van der Waals surface area (Å²) < 4.78 is 0. The number of rotatable bonds is 2. The van der Waals surface area contributed by atoms with E-state index in [1.165, 1.54) is 0 Å². The van der Waals surface area contributed by atoms with E-state index in [9.17, 15) is 9.59 Å². The van der Waals surface area contributed by atoms with Crippen LogP contribution in [-0.4, -0.2) is 12.1 Å². The van der Waals surface area contributed by atoms with Crippen molar-refractivity contribution in [2.24, 2.45) is 0 Å². The normalized spacial score (nSPS) is 11.0. The molecule has 0 aromatic rings. The van der Waals surface area contributed by atoms with Gasteiger partial charge in [-0.15, -0.1) is 0 Å².